The molecule has 0 atom stereocenters. The number of hydrogen-bond donors (Lipinski definition) is 2. The molecule has 0 fully saturated rings. The first-order valence-electron chi connectivity index (χ1n) is 6.73. The fraction of sp³-hybridized carbons (Fsp3) is 0.143. The van der Waals surface area contributed by atoms with Gasteiger partial charge in [-0.05, 0) is 36.4 Å². The summed E-state index contributed by atoms with van der Waals surface area (Å²) in [4.78, 5) is 4.87. The molecular formula is C14H13FN4O2S2. The van der Waals surface area contributed by atoms with Gasteiger partial charge in [0.15, 0.2) is 10.7 Å². The Balaban J connectivity index is 1.62. The number of halogens is 1. The summed E-state index contributed by atoms with van der Waals surface area (Å²) in [5, 5.41) is 6.84. The Morgan fingerprint density at radius 2 is 2.00 bits per heavy atom. The number of H-pyrrole nitrogens is 1. The Hall–Kier alpha value is -1.97. The molecule has 0 saturated carbocycles. The smallest absolute Gasteiger partial charge is 0.258 e. The second-order valence-electron chi connectivity index (χ2n) is 4.63. The zero-order valence-corrected chi connectivity index (χ0v) is 13.5. The van der Waals surface area contributed by atoms with Crippen molar-refractivity contribution in [3.63, 3.8) is 0 Å². The van der Waals surface area contributed by atoms with Gasteiger partial charge >= 0.3 is 0 Å². The lowest BCUT2D eigenvalue weighted by Crippen LogP contribution is -2.26. The van der Waals surface area contributed by atoms with Gasteiger partial charge in [-0.1, -0.05) is 0 Å². The average molecular weight is 352 g/mol. The molecule has 9 heteroatoms. The number of rotatable bonds is 6. The van der Waals surface area contributed by atoms with Crippen LogP contribution < -0.4 is 4.72 Å². The highest BCUT2D eigenvalue weighted by atomic mass is 32.2. The van der Waals surface area contributed by atoms with Crippen LogP contribution in [0.5, 0.6) is 0 Å². The molecule has 0 bridgehead atoms. The average Bonchev–Trinajstić information content (AvgIpc) is 2.98. The molecule has 0 unspecified atom stereocenters. The highest BCUT2D eigenvalue weighted by molar-refractivity contribution is 7.99. The number of sulfonamides is 1. The molecule has 120 valence electrons. The van der Waals surface area contributed by atoms with Crippen molar-refractivity contribution in [3.8, 4) is 0 Å². The van der Waals surface area contributed by atoms with Crippen LogP contribution in [0, 0.1) is 5.82 Å². The number of nitrogens with zero attached hydrogens (tertiary/aromatic N) is 2. The fourth-order valence-electron chi connectivity index (χ4n) is 1.98. The highest BCUT2D eigenvalue weighted by Gasteiger charge is 2.19. The van der Waals surface area contributed by atoms with Gasteiger partial charge in [0, 0.05) is 23.4 Å². The topological polar surface area (TPSA) is 87.7 Å². The number of fused-ring (bicyclic) bond motifs is 1. The Morgan fingerprint density at radius 1 is 1.22 bits per heavy atom. The molecule has 6 nitrogen and oxygen atoms in total. The van der Waals surface area contributed by atoms with E-state index in [1.54, 1.807) is 30.5 Å². The summed E-state index contributed by atoms with van der Waals surface area (Å²) < 4.78 is 39.9. The van der Waals surface area contributed by atoms with E-state index in [0.29, 0.717) is 16.8 Å². The maximum atomic E-state index is 12.8. The van der Waals surface area contributed by atoms with E-state index in [1.807, 2.05) is 0 Å². The molecule has 3 aromatic rings. The first kappa shape index (κ1) is 15.9. The van der Waals surface area contributed by atoms with Crippen LogP contribution in [0.3, 0.4) is 0 Å². The molecule has 0 aliphatic heterocycles. The van der Waals surface area contributed by atoms with Crippen LogP contribution in [0.25, 0.3) is 11.0 Å². The van der Waals surface area contributed by atoms with E-state index in [-0.39, 0.29) is 17.4 Å². The maximum Gasteiger partial charge on any atom is 0.258 e. The van der Waals surface area contributed by atoms with Crippen molar-refractivity contribution in [2.24, 2.45) is 0 Å². The second kappa shape index (κ2) is 6.65. The molecule has 2 N–H and O–H groups in total. The number of pyridine rings is 1. The number of thioether (sulfide) groups is 1. The van der Waals surface area contributed by atoms with Crippen molar-refractivity contribution >= 4 is 32.8 Å². The van der Waals surface area contributed by atoms with E-state index in [0.717, 1.165) is 4.90 Å². The zero-order chi connectivity index (χ0) is 16.3. The predicted molar refractivity (Wildman–Crippen MR) is 86.2 cm³/mol. The summed E-state index contributed by atoms with van der Waals surface area (Å²) in [5.74, 6) is 0.227. The second-order valence-corrected chi connectivity index (χ2v) is 7.50. The molecule has 3 rings (SSSR count). The van der Waals surface area contributed by atoms with Crippen molar-refractivity contribution in [2.75, 3.05) is 12.3 Å². The quantitative estimate of drug-likeness (QED) is 0.524. The lowest BCUT2D eigenvalue weighted by molar-refractivity contribution is 0.581. The molecule has 0 aliphatic carbocycles. The largest absolute Gasteiger partial charge is 0.263 e. The maximum absolute atomic E-state index is 12.8. The third-order valence-electron chi connectivity index (χ3n) is 3.04. The number of nitrogens with one attached hydrogen (secondary N) is 2. The molecule has 23 heavy (non-hydrogen) atoms. The van der Waals surface area contributed by atoms with Gasteiger partial charge in [0.1, 0.15) is 5.82 Å². The summed E-state index contributed by atoms with van der Waals surface area (Å²) in [5.41, 5.74) is 0.355. The lowest BCUT2D eigenvalue weighted by atomic mass is 10.4. The number of aromatic nitrogens is 3. The van der Waals surface area contributed by atoms with E-state index in [2.05, 4.69) is 19.9 Å². The van der Waals surface area contributed by atoms with E-state index in [4.69, 9.17) is 0 Å². The SMILES string of the molecule is O=S(=O)(NCCSc1ccc(F)cc1)c1[nH]nc2ncccc12. The van der Waals surface area contributed by atoms with Crippen LogP contribution in [-0.2, 0) is 10.0 Å². The summed E-state index contributed by atoms with van der Waals surface area (Å²) in [6, 6.07) is 9.35. The summed E-state index contributed by atoms with van der Waals surface area (Å²) in [7, 11) is -3.69. The predicted octanol–water partition coefficient (Wildman–Crippen LogP) is 2.17. The van der Waals surface area contributed by atoms with Crippen molar-refractivity contribution < 1.29 is 12.8 Å². The standard InChI is InChI=1S/C14H13FN4O2S2/c15-10-3-5-11(6-4-10)22-9-8-17-23(20,21)14-12-2-1-7-16-13(12)18-19-14/h1-7,17H,8-9H2,(H,16,18,19). The van der Waals surface area contributed by atoms with Gasteiger partial charge in [-0.3, -0.25) is 5.10 Å². The van der Waals surface area contributed by atoms with Crippen LogP contribution in [0.4, 0.5) is 4.39 Å². The van der Waals surface area contributed by atoms with Gasteiger partial charge < -0.3 is 0 Å². The first-order chi connectivity index (χ1) is 11.1. The first-order valence-corrected chi connectivity index (χ1v) is 9.20. The van der Waals surface area contributed by atoms with Crippen LogP contribution in [0.2, 0.25) is 0 Å². The van der Waals surface area contributed by atoms with E-state index in [9.17, 15) is 12.8 Å². The van der Waals surface area contributed by atoms with Crippen LogP contribution in [0.1, 0.15) is 0 Å². The fourth-order valence-corrected chi connectivity index (χ4v) is 4.01. The molecule has 2 aromatic heterocycles. The van der Waals surface area contributed by atoms with Crippen LogP contribution in [0.15, 0.2) is 52.5 Å². The summed E-state index contributed by atoms with van der Waals surface area (Å²) in [6.07, 6.45) is 1.55. The lowest BCUT2D eigenvalue weighted by Gasteiger charge is -2.05. The molecule has 0 aliphatic rings. The number of aromatic amines is 1. The Morgan fingerprint density at radius 3 is 2.78 bits per heavy atom. The van der Waals surface area contributed by atoms with Gasteiger partial charge in [-0.2, -0.15) is 5.10 Å². The number of benzene rings is 1. The Labute approximate surface area is 136 Å². The van der Waals surface area contributed by atoms with Crippen molar-refractivity contribution in [1.29, 1.82) is 0 Å². The molecule has 1 aromatic carbocycles. The van der Waals surface area contributed by atoms with Gasteiger partial charge in [0.2, 0.25) is 0 Å². The van der Waals surface area contributed by atoms with E-state index < -0.39 is 10.0 Å². The molecule has 0 radical (unpaired) electrons. The third kappa shape index (κ3) is 3.69. The summed E-state index contributed by atoms with van der Waals surface area (Å²) >= 11 is 1.44. The Kier molecular flexibility index (Phi) is 4.60. The monoisotopic (exact) mass is 352 g/mol. The molecule has 2 heterocycles. The van der Waals surface area contributed by atoms with Gasteiger partial charge in [-0.15, -0.1) is 11.8 Å². The van der Waals surface area contributed by atoms with Gasteiger partial charge in [-0.25, -0.2) is 22.5 Å². The van der Waals surface area contributed by atoms with Crippen LogP contribution >= 0.6 is 11.8 Å². The van der Waals surface area contributed by atoms with Gasteiger partial charge in [0.05, 0.1) is 5.39 Å². The highest BCUT2D eigenvalue weighted by Crippen LogP contribution is 2.19. The van der Waals surface area contributed by atoms with Crippen molar-refractivity contribution in [1.82, 2.24) is 19.9 Å². The molecule has 0 saturated heterocycles. The van der Waals surface area contributed by atoms with Crippen molar-refractivity contribution in [2.45, 2.75) is 9.92 Å². The van der Waals surface area contributed by atoms with Gasteiger partial charge in [0.25, 0.3) is 10.0 Å². The molecular weight excluding hydrogens is 339 g/mol. The number of hydrogen-bond acceptors (Lipinski definition) is 5. The normalized spacial score (nSPS) is 11.9. The van der Waals surface area contributed by atoms with E-state index in [1.165, 1.54) is 23.9 Å². The van der Waals surface area contributed by atoms with Crippen molar-refractivity contribution in [3.05, 3.63) is 48.4 Å². The van der Waals surface area contributed by atoms with Crippen LogP contribution in [-0.4, -0.2) is 35.9 Å². The third-order valence-corrected chi connectivity index (χ3v) is 5.49. The van der Waals surface area contributed by atoms with E-state index >= 15 is 0 Å². The Bertz CT molecular complexity index is 910. The minimum absolute atomic E-state index is 0.00684. The molecule has 0 spiro atoms. The zero-order valence-electron chi connectivity index (χ0n) is 11.9. The minimum Gasteiger partial charge on any atom is -0.263 e. The minimum atomic E-state index is -3.69. The summed E-state index contributed by atoms with van der Waals surface area (Å²) in [6.45, 7) is 0.241. The molecule has 0 amide bonds.